The van der Waals surface area contributed by atoms with Gasteiger partial charge in [0, 0.05) is 27.3 Å². The van der Waals surface area contributed by atoms with E-state index in [-0.39, 0.29) is 0 Å². The molecule has 0 radical (unpaired) electrons. The fourth-order valence-corrected chi connectivity index (χ4v) is 3.69. The molecule has 1 N–H and O–H groups in total. The van der Waals surface area contributed by atoms with Crippen LogP contribution in [0.1, 0.15) is 5.69 Å². The monoisotopic (exact) mass is 269 g/mol. The van der Waals surface area contributed by atoms with Gasteiger partial charge in [-0.2, -0.15) is 4.98 Å². The maximum Gasteiger partial charge on any atom is 0.322 e. The first-order valence-electron chi connectivity index (χ1n) is 4.50. The number of thiophene rings is 1. The van der Waals surface area contributed by atoms with Crippen molar-refractivity contribution < 1.29 is 4.55 Å². The van der Waals surface area contributed by atoms with Gasteiger partial charge in [0.2, 0.25) is 0 Å². The molecule has 0 aromatic carbocycles. The van der Waals surface area contributed by atoms with Crippen molar-refractivity contribution in [1.82, 2.24) is 15.0 Å². The molecule has 0 bridgehead atoms. The molecule has 0 aliphatic carbocycles. The summed E-state index contributed by atoms with van der Waals surface area (Å²) in [7, 11) is 0. The van der Waals surface area contributed by atoms with Gasteiger partial charge in [0.25, 0.3) is 0 Å². The number of hydrogen-bond acceptors (Lipinski definition) is 5. The van der Waals surface area contributed by atoms with Crippen LogP contribution in [0.3, 0.4) is 0 Å². The zero-order valence-corrected chi connectivity index (χ0v) is 10.5. The van der Waals surface area contributed by atoms with Crippen LogP contribution >= 0.6 is 22.7 Å². The molecule has 0 fully saturated rings. The summed E-state index contributed by atoms with van der Waals surface area (Å²) in [6.45, 7) is 0. The maximum absolute atomic E-state index is 12.0. The molecular formula is C9H7N3OS3. The Hall–Kier alpha value is -0.890. The van der Waals surface area contributed by atoms with Crippen LogP contribution in [-0.4, -0.2) is 19.5 Å². The van der Waals surface area contributed by atoms with Gasteiger partial charge in [-0.1, -0.05) is 0 Å². The first-order chi connectivity index (χ1) is 7.83. The summed E-state index contributed by atoms with van der Waals surface area (Å²) < 4.78 is 12.0. The van der Waals surface area contributed by atoms with E-state index in [9.17, 15) is 4.55 Å². The van der Waals surface area contributed by atoms with Gasteiger partial charge in [-0.15, -0.1) is 22.7 Å². The van der Waals surface area contributed by atoms with Crippen molar-refractivity contribution in [2.45, 2.75) is 10.9 Å². The Kier molecular flexibility index (Phi) is 2.68. The molecule has 4 nitrogen and oxygen atoms in total. The molecular weight excluding hydrogens is 262 g/mol. The summed E-state index contributed by atoms with van der Waals surface area (Å²) in [5, 5.41) is 6.34. The Bertz CT molecular complexity index is 557. The quantitative estimate of drug-likeness (QED) is 0.742. The van der Waals surface area contributed by atoms with Crippen molar-refractivity contribution in [2.24, 2.45) is 0 Å². The van der Waals surface area contributed by atoms with Gasteiger partial charge in [-0.25, -0.2) is 4.98 Å². The van der Waals surface area contributed by atoms with Crippen molar-refractivity contribution in [3.8, 4) is 0 Å². The number of aromatic amines is 1. The number of nitrogens with one attached hydrogen (secondary N) is 1. The van der Waals surface area contributed by atoms with Crippen LogP contribution in [0.25, 0.3) is 11.0 Å². The molecule has 82 valence electrons. The van der Waals surface area contributed by atoms with Crippen molar-refractivity contribution in [3.63, 3.8) is 0 Å². The summed E-state index contributed by atoms with van der Waals surface area (Å²) in [6, 6.07) is 0. The molecule has 0 aliphatic heterocycles. The summed E-state index contributed by atoms with van der Waals surface area (Å²) >= 11 is 1.95. The lowest BCUT2D eigenvalue weighted by atomic mass is 10.5. The third kappa shape index (κ3) is 1.86. The second-order valence-corrected chi connectivity index (χ2v) is 6.01. The Morgan fingerprint density at radius 3 is 3.00 bits per heavy atom. The molecule has 1 unspecified atom stereocenters. The average molecular weight is 269 g/mol. The van der Waals surface area contributed by atoms with E-state index in [2.05, 4.69) is 15.0 Å². The second-order valence-electron chi connectivity index (χ2n) is 3.18. The van der Waals surface area contributed by atoms with Crippen LogP contribution in [0.2, 0.25) is 0 Å². The number of imidazole rings is 1. The zero-order valence-electron chi connectivity index (χ0n) is 8.04. The van der Waals surface area contributed by atoms with E-state index in [0.29, 0.717) is 10.9 Å². The van der Waals surface area contributed by atoms with Gasteiger partial charge in [0.1, 0.15) is 11.2 Å². The van der Waals surface area contributed by atoms with Crippen LogP contribution in [0.4, 0.5) is 0 Å². The SMILES string of the molecule is [O-][S+](Cc1cscn1)c1nc2cscc2[nH]1. The third-order valence-corrected chi connectivity index (χ3v) is 4.63. The average Bonchev–Trinajstić information content (AvgIpc) is 2.91. The van der Waals surface area contributed by atoms with Crippen LogP contribution < -0.4 is 0 Å². The Morgan fingerprint density at radius 2 is 2.25 bits per heavy atom. The van der Waals surface area contributed by atoms with E-state index in [0.717, 1.165) is 16.7 Å². The molecule has 0 aliphatic rings. The fraction of sp³-hybridized carbons (Fsp3) is 0.111. The van der Waals surface area contributed by atoms with Gasteiger partial charge in [-0.3, -0.25) is 4.98 Å². The molecule has 1 atom stereocenters. The minimum absolute atomic E-state index is 0.420. The lowest BCUT2D eigenvalue weighted by Gasteiger charge is -2.04. The molecule has 3 aromatic rings. The zero-order chi connectivity index (χ0) is 11.0. The minimum atomic E-state index is -1.14. The van der Waals surface area contributed by atoms with E-state index in [4.69, 9.17) is 0 Å². The third-order valence-electron chi connectivity index (χ3n) is 2.08. The van der Waals surface area contributed by atoms with E-state index in [1.807, 2.05) is 16.1 Å². The van der Waals surface area contributed by atoms with Crippen molar-refractivity contribution in [2.75, 3.05) is 0 Å². The summed E-state index contributed by atoms with van der Waals surface area (Å²) in [5.41, 5.74) is 4.42. The topological polar surface area (TPSA) is 64.6 Å². The highest BCUT2D eigenvalue weighted by molar-refractivity contribution is 7.90. The Labute approximate surface area is 103 Å². The fourth-order valence-electron chi connectivity index (χ4n) is 1.34. The summed E-state index contributed by atoms with van der Waals surface area (Å²) in [6.07, 6.45) is 0. The number of fused-ring (bicyclic) bond motifs is 1. The summed E-state index contributed by atoms with van der Waals surface area (Å²) in [5.74, 6) is 0.420. The van der Waals surface area contributed by atoms with Gasteiger partial charge < -0.3 is 4.55 Å². The number of rotatable bonds is 3. The van der Waals surface area contributed by atoms with E-state index in [1.165, 1.54) is 11.3 Å². The van der Waals surface area contributed by atoms with Crippen LogP contribution in [0.15, 0.2) is 26.8 Å². The highest BCUT2D eigenvalue weighted by Gasteiger charge is 2.18. The number of hydrogen-bond donors (Lipinski definition) is 1. The van der Waals surface area contributed by atoms with Gasteiger partial charge in [0.05, 0.1) is 11.0 Å². The highest BCUT2D eigenvalue weighted by atomic mass is 32.2. The minimum Gasteiger partial charge on any atom is -0.609 e. The van der Waals surface area contributed by atoms with Crippen molar-refractivity contribution in [1.29, 1.82) is 0 Å². The van der Waals surface area contributed by atoms with Crippen molar-refractivity contribution in [3.05, 3.63) is 27.3 Å². The van der Waals surface area contributed by atoms with Crippen molar-refractivity contribution >= 4 is 44.9 Å². The second kappa shape index (κ2) is 4.17. The first kappa shape index (κ1) is 10.3. The lowest BCUT2D eigenvalue weighted by molar-refractivity contribution is 0.587. The molecule has 3 heterocycles. The van der Waals surface area contributed by atoms with Crippen LogP contribution in [-0.2, 0) is 16.9 Å². The smallest absolute Gasteiger partial charge is 0.322 e. The molecule has 3 rings (SSSR count). The molecule has 7 heteroatoms. The Morgan fingerprint density at radius 1 is 1.31 bits per heavy atom. The maximum atomic E-state index is 12.0. The van der Waals surface area contributed by atoms with Gasteiger partial charge in [0.15, 0.2) is 5.75 Å². The number of nitrogens with zero attached hydrogens (tertiary/aromatic N) is 2. The standard InChI is InChI=1S/C9H7N3OS3/c13-16(4-6-1-15-5-10-6)9-11-7-2-14-3-8(7)12-9/h1-3,5H,4H2,(H,11,12). The first-order valence-corrected chi connectivity index (χ1v) is 7.71. The van der Waals surface area contributed by atoms with Gasteiger partial charge in [-0.05, 0) is 0 Å². The highest BCUT2D eigenvalue weighted by Crippen LogP contribution is 2.20. The molecule has 0 spiro atoms. The largest absolute Gasteiger partial charge is 0.609 e. The van der Waals surface area contributed by atoms with Crippen LogP contribution in [0.5, 0.6) is 0 Å². The summed E-state index contributed by atoms with van der Waals surface area (Å²) in [4.78, 5) is 11.5. The number of H-pyrrole nitrogens is 1. The lowest BCUT2D eigenvalue weighted by Crippen LogP contribution is -2.07. The molecule has 0 saturated carbocycles. The van der Waals surface area contributed by atoms with Crippen LogP contribution in [0, 0.1) is 0 Å². The van der Waals surface area contributed by atoms with E-state index >= 15 is 0 Å². The molecule has 0 saturated heterocycles. The molecule has 16 heavy (non-hydrogen) atoms. The number of aromatic nitrogens is 3. The normalized spacial score (nSPS) is 13.3. The molecule has 0 amide bonds. The van der Waals surface area contributed by atoms with E-state index < -0.39 is 11.2 Å². The molecule has 3 aromatic heterocycles. The van der Waals surface area contributed by atoms with E-state index in [1.54, 1.807) is 16.8 Å². The van der Waals surface area contributed by atoms with Gasteiger partial charge >= 0.3 is 5.16 Å². The predicted octanol–water partition coefficient (Wildman–Crippen LogP) is 2.39. The predicted molar refractivity (Wildman–Crippen MR) is 66.2 cm³/mol. The Balaban J connectivity index is 1.84. The number of thiazole rings is 1.